The lowest BCUT2D eigenvalue weighted by Gasteiger charge is -2.19. The Morgan fingerprint density at radius 1 is 1.06 bits per heavy atom. The Hall–Kier alpha value is -3.05. The third kappa shape index (κ3) is 5.31. The lowest BCUT2D eigenvalue weighted by molar-refractivity contribution is -0.117. The van der Waals surface area contributed by atoms with E-state index in [1.165, 1.54) is 16.7 Å². The number of hydrogen-bond acceptors (Lipinski definition) is 4. The van der Waals surface area contributed by atoms with E-state index in [2.05, 4.69) is 21.2 Å². The fourth-order valence-electron chi connectivity index (χ4n) is 3.36. The molecule has 1 aliphatic rings. The highest BCUT2D eigenvalue weighted by atomic mass is 79.9. The minimum atomic E-state index is -0.562. The van der Waals surface area contributed by atoms with Gasteiger partial charge < -0.3 is 5.32 Å². The Labute approximate surface area is 209 Å². The van der Waals surface area contributed by atoms with Crippen LogP contribution in [0.15, 0.2) is 93.9 Å². The molecule has 1 N–H and O–H groups in total. The number of carbonyl (C=O) groups excluding carboxylic acids is 2. The molecule has 33 heavy (non-hydrogen) atoms. The fourth-order valence-corrected chi connectivity index (χ4v) is 5.06. The van der Waals surface area contributed by atoms with Crippen molar-refractivity contribution >= 4 is 62.5 Å². The van der Waals surface area contributed by atoms with Crippen molar-refractivity contribution in [1.29, 1.82) is 5.26 Å². The van der Waals surface area contributed by atoms with Crippen molar-refractivity contribution in [1.82, 2.24) is 0 Å². The maximum atomic E-state index is 13.5. The standard InChI is InChI=1S/C25H17BrClN3O2S/c26-17-8-12-20(13-9-17)30-24(32)22(14-16-6-10-18(27)11-7-16)33-25(30)21(15-28)23(31)29-19-4-2-1-3-5-19/h1-13,22H,14H2,(H,29,31)/b25-21-/t22-/m1/s1. The number of thioether (sulfide) groups is 1. The first-order chi connectivity index (χ1) is 16.0. The van der Waals surface area contributed by atoms with E-state index >= 15 is 0 Å². The number of nitrogens with one attached hydrogen (secondary N) is 1. The summed E-state index contributed by atoms with van der Waals surface area (Å²) in [6.07, 6.45) is 0.441. The largest absolute Gasteiger partial charge is 0.321 e. The Morgan fingerprint density at radius 3 is 2.36 bits per heavy atom. The van der Waals surface area contributed by atoms with Crippen LogP contribution in [0.3, 0.4) is 0 Å². The zero-order valence-corrected chi connectivity index (χ0v) is 20.3. The number of rotatable bonds is 5. The van der Waals surface area contributed by atoms with Crippen LogP contribution >= 0.6 is 39.3 Å². The van der Waals surface area contributed by atoms with Gasteiger partial charge in [0.1, 0.15) is 16.7 Å². The van der Waals surface area contributed by atoms with E-state index < -0.39 is 11.2 Å². The number of benzene rings is 3. The molecule has 3 aromatic rings. The average molecular weight is 539 g/mol. The van der Waals surface area contributed by atoms with Crippen molar-refractivity contribution in [3.63, 3.8) is 0 Å². The van der Waals surface area contributed by atoms with Crippen molar-refractivity contribution in [3.05, 3.63) is 105 Å². The lowest BCUT2D eigenvalue weighted by Crippen LogP contribution is -2.30. The summed E-state index contributed by atoms with van der Waals surface area (Å²) in [5.41, 5.74) is 1.98. The van der Waals surface area contributed by atoms with E-state index in [1.807, 2.05) is 36.4 Å². The summed E-state index contributed by atoms with van der Waals surface area (Å²) in [6.45, 7) is 0. The van der Waals surface area contributed by atoms with Gasteiger partial charge in [0.2, 0.25) is 5.91 Å². The number of hydrogen-bond donors (Lipinski definition) is 1. The van der Waals surface area contributed by atoms with E-state index in [-0.39, 0.29) is 11.5 Å². The number of amides is 2. The molecule has 0 aliphatic carbocycles. The molecule has 164 valence electrons. The second-order valence-electron chi connectivity index (χ2n) is 7.20. The highest BCUT2D eigenvalue weighted by Crippen LogP contribution is 2.42. The van der Waals surface area contributed by atoms with E-state index in [0.717, 1.165) is 10.0 Å². The van der Waals surface area contributed by atoms with Crippen LogP contribution in [0.25, 0.3) is 0 Å². The van der Waals surface area contributed by atoms with Crippen molar-refractivity contribution in [2.75, 3.05) is 10.2 Å². The van der Waals surface area contributed by atoms with Gasteiger partial charge in [-0.15, -0.1) is 0 Å². The van der Waals surface area contributed by atoms with Crippen molar-refractivity contribution in [2.24, 2.45) is 0 Å². The van der Waals surface area contributed by atoms with Crippen LogP contribution in [0.1, 0.15) is 5.56 Å². The molecule has 1 atom stereocenters. The molecule has 0 saturated carbocycles. The molecule has 3 aromatic carbocycles. The summed E-state index contributed by atoms with van der Waals surface area (Å²) < 4.78 is 0.858. The molecule has 4 rings (SSSR count). The third-order valence-electron chi connectivity index (χ3n) is 4.96. The van der Waals surface area contributed by atoms with Gasteiger partial charge in [0, 0.05) is 20.9 Å². The number of nitrogens with zero attached hydrogens (tertiary/aromatic N) is 2. The van der Waals surface area contributed by atoms with Gasteiger partial charge in [-0.25, -0.2) is 0 Å². The molecule has 5 nitrogen and oxygen atoms in total. The van der Waals surface area contributed by atoms with Gasteiger partial charge >= 0.3 is 0 Å². The Balaban J connectivity index is 1.72. The molecule has 2 amide bonds. The van der Waals surface area contributed by atoms with Crippen molar-refractivity contribution < 1.29 is 9.59 Å². The van der Waals surface area contributed by atoms with Gasteiger partial charge in [0.15, 0.2) is 0 Å². The molecule has 1 fully saturated rings. The molecule has 1 heterocycles. The van der Waals surface area contributed by atoms with E-state index in [9.17, 15) is 14.9 Å². The van der Waals surface area contributed by atoms with Gasteiger partial charge in [-0.2, -0.15) is 5.26 Å². The Bertz CT molecular complexity index is 1260. The van der Waals surface area contributed by atoms with E-state index in [4.69, 9.17) is 11.6 Å². The molecular formula is C25H17BrClN3O2S. The number of para-hydroxylation sites is 1. The highest BCUT2D eigenvalue weighted by molar-refractivity contribution is 9.10. The van der Waals surface area contributed by atoms with Crippen LogP contribution < -0.4 is 10.2 Å². The summed E-state index contributed by atoms with van der Waals surface area (Å²) in [5, 5.41) is 13.1. The topological polar surface area (TPSA) is 73.2 Å². The normalized spacial score (nSPS) is 16.9. The van der Waals surface area contributed by atoms with Gasteiger partial charge in [-0.1, -0.05) is 69.6 Å². The second-order valence-corrected chi connectivity index (χ2v) is 9.74. The molecule has 8 heteroatoms. The number of nitriles is 1. The summed E-state index contributed by atoms with van der Waals surface area (Å²) in [5.74, 6) is -0.749. The summed E-state index contributed by atoms with van der Waals surface area (Å²) >= 11 is 10.6. The van der Waals surface area contributed by atoms with Crippen LogP contribution in [0.4, 0.5) is 11.4 Å². The predicted molar refractivity (Wildman–Crippen MR) is 136 cm³/mol. The van der Waals surface area contributed by atoms with Gasteiger partial charge in [0.25, 0.3) is 5.91 Å². The van der Waals surface area contributed by atoms with Crippen LogP contribution in [-0.4, -0.2) is 17.1 Å². The van der Waals surface area contributed by atoms with Crippen LogP contribution in [-0.2, 0) is 16.0 Å². The fraction of sp³-hybridized carbons (Fsp3) is 0.0800. The third-order valence-corrected chi connectivity index (χ3v) is 7.00. The quantitative estimate of drug-likeness (QED) is 0.312. The maximum Gasteiger partial charge on any atom is 0.269 e. The maximum absolute atomic E-state index is 13.5. The SMILES string of the molecule is N#C/C(C(=O)Nc1ccccc1)=C1/S[C@H](Cc2ccc(Cl)cc2)C(=O)N1c1ccc(Br)cc1. The zero-order chi connectivity index (χ0) is 23.4. The molecule has 0 bridgehead atoms. The molecule has 1 saturated heterocycles. The predicted octanol–water partition coefficient (Wildman–Crippen LogP) is 6.17. The van der Waals surface area contributed by atoms with Crippen molar-refractivity contribution in [2.45, 2.75) is 11.7 Å². The summed E-state index contributed by atoms with van der Waals surface area (Å²) in [6, 6.07) is 25.4. The molecule has 0 unspecified atom stereocenters. The zero-order valence-electron chi connectivity index (χ0n) is 17.2. The van der Waals surface area contributed by atoms with E-state index in [1.54, 1.807) is 48.5 Å². The summed E-state index contributed by atoms with van der Waals surface area (Å²) in [4.78, 5) is 27.9. The van der Waals surface area contributed by atoms with Crippen LogP contribution in [0, 0.1) is 11.3 Å². The number of anilines is 2. The molecule has 1 aliphatic heterocycles. The van der Waals surface area contributed by atoms with Crippen LogP contribution in [0.2, 0.25) is 5.02 Å². The van der Waals surface area contributed by atoms with Gasteiger partial charge in [-0.05, 0) is 60.5 Å². The first-order valence-electron chi connectivity index (χ1n) is 9.97. The highest BCUT2D eigenvalue weighted by Gasteiger charge is 2.40. The molecule has 0 aromatic heterocycles. The van der Waals surface area contributed by atoms with Crippen molar-refractivity contribution in [3.8, 4) is 6.07 Å². The first-order valence-corrected chi connectivity index (χ1v) is 12.0. The lowest BCUT2D eigenvalue weighted by atomic mass is 10.1. The van der Waals surface area contributed by atoms with Crippen LogP contribution in [0.5, 0.6) is 0 Å². The number of halogens is 2. The van der Waals surface area contributed by atoms with Gasteiger partial charge in [-0.3, -0.25) is 14.5 Å². The molecular weight excluding hydrogens is 522 g/mol. The van der Waals surface area contributed by atoms with Gasteiger partial charge in [0.05, 0.1) is 5.25 Å². The summed E-state index contributed by atoms with van der Waals surface area (Å²) in [7, 11) is 0. The number of carbonyl (C=O) groups is 2. The Morgan fingerprint density at radius 2 is 1.73 bits per heavy atom. The average Bonchev–Trinajstić information content (AvgIpc) is 3.12. The second kappa shape index (κ2) is 10.3. The minimum absolute atomic E-state index is 0.112. The molecule has 0 radical (unpaired) electrons. The van der Waals surface area contributed by atoms with E-state index in [0.29, 0.717) is 27.8 Å². The Kier molecular flexibility index (Phi) is 7.19. The first kappa shape index (κ1) is 23.1. The molecule has 0 spiro atoms. The monoisotopic (exact) mass is 537 g/mol. The smallest absolute Gasteiger partial charge is 0.269 e. The minimum Gasteiger partial charge on any atom is -0.321 e.